The van der Waals surface area contributed by atoms with Gasteiger partial charge in [0.15, 0.2) is 11.8 Å². The maximum Gasteiger partial charge on any atom is 0.258 e. The van der Waals surface area contributed by atoms with Crippen molar-refractivity contribution in [2.24, 2.45) is 0 Å². The number of nitrogens with one attached hydrogen (secondary N) is 1. The molecule has 4 heterocycles. The topological polar surface area (TPSA) is 71.8 Å². The third-order valence-electron chi connectivity index (χ3n) is 5.78. The van der Waals surface area contributed by atoms with Gasteiger partial charge in [-0.2, -0.15) is 5.10 Å². The summed E-state index contributed by atoms with van der Waals surface area (Å²) in [6, 6.07) is 3.70. The predicted octanol–water partition coefficient (Wildman–Crippen LogP) is 2.98. The van der Waals surface area contributed by atoms with E-state index in [4.69, 9.17) is 16.3 Å². The molecular formula is C21H20ClF2N5O2. The van der Waals surface area contributed by atoms with Crippen LogP contribution in [0.5, 0.6) is 5.75 Å². The van der Waals surface area contributed by atoms with Crippen molar-refractivity contribution in [3.8, 4) is 5.75 Å². The molecule has 2 atom stereocenters. The van der Waals surface area contributed by atoms with Gasteiger partial charge in [0, 0.05) is 24.7 Å². The fourth-order valence-corrected chi connectivity index (χ4v) is 4.22. The zero-order valence-corrected chi connectivity index (χ0v) is 17.7. The Hall–Kier alpha value is -2.78. The number of nitrogens with zero attached hydrogens (tertiary/aromatic N) is 4. The van der Waals surface area contributed by atoms with Crippen LogP contribution < -0.4 is 10.1 Å². The monoisotopic (exact) mass is 447 g/mol. The summed E-state index contributed by atoms with van der Waals surface area (Å²) in [5.74, 6) is -0.853. The van der Waals surface area contributed by atoms with Crippen molar-refractivity contribution in [1.82, 2.24) is 24.8 Å². The molecule has 2 aliphatic heterocycles. The number of amides is 1. The first-order chi connectivity index (χ1) is 14.8. The Morgan fingerprint density at radius 1 is 1.29 bits per heavy atom. The molecule has 1 saturated heterocycles. The van der Waals surface area contributed by atoms with Crippen LogP contribution in [0, 0.1) is 19.7 Å². The van der Waals surface area contributed by atoms with Gasteiger partial charge >= 0.3 is 0 Å². The van der Waals surface area contributed by atoms with Crippen molar-refractivity contribution in [2.75, 3.05) is 13.1 Å². The molecule has 162 valence electrons. The largest absolute Gasteiger partial charge is 0.485 e. The zero-order chi connectivity index (χ0) is 21.9. The zero-order valence-electron chi connectivity index (χ0n) is 17.0. The second kappa shape index (κ2) is 7.42. The molecule has 1 N–H and O–H groups in total. The molecule has 2 aliphatic rings. The van der Waals surface area contributed by atoms with E-state index in [9.17, 15) is 13.6 Å². The molecule has 1 amide bonds. The van der Waals surface area contributed by atoms with Gasteiger partial charge in [-0.05, 0) is 26.0 Å². The summed E-state index contributed by atoms with van der Waals surface area (Å²) in [6.07, 6.45) is -1.99. The van der Waals surface area contributed by atoms with E-state index in [1.807, 2.05) is 13.8 Å². The van der Waals surface area contributed by atoms with E-state index in [0.29, 0.717) is 29.5 Å². The predicted molar refractivity (Wildman–Crippen MR) is 110 cm³/mol. The summed E-state index contributed by atoms with van der Waals surface area (Å²) in [5.41, 5.74) is 3.92. The Morgan fingerprint density at radius 3 is 2.84 bits per heavy atom. The van der Waals surface area contributed by atoms with Crippen LogP contribution in [-0.2, 0) is 13.1 Å². The number of halogens is 3. The van der Waals surface area contributed by atoms with E-state index in [1.54, 1.807) is 9.42 Å². The van der Waals surface area contributed by atoms with Crippen LogP contribution in [0.3, 0.4) is 0 Å². The maximum atomic E-state index is 14.0. The van der Waals surface area contributed by atoms with Crippen molar-refractivity contribution in [1.29, 1.82) is 0 Å². The molecule has 0 spiro atoms. The van der Waals surface area contributed by atoms with Gasteiger partial charge in [-0.1, -0.05) is 11.6 Å². The highest BCUT2D eigenvalue weighted by molar-refractivity contribution is 6.31. The second-order valence-corrected chi connectivity index (χ2v) is 8.27. The molecular weight excluding hydrogens is 428 g/mol. The number of aryl methyl sites for hydroxylation is 2. The molecule has 3 aromatic rings. The molecule has 0 aliphatic carbocycles. The summed E-state index contributed by atoms with van der Waals surface area (Å²) in [7, 11) is 0. The minimum absolute atomic E-state index is 0.0386. The Labute approximate surface area is 182 Å². The minimum atomic E-state index is -1.22. The molecule has 1 aromatic carbocycles. The van der Waals surface area contributed by atoms with Gasteiger partial charge in [-0.3, -0.25) is 4.79 Å². The molecule has 10 heteroatoms. The highest BCUT2D eigenvalue weighted by atomic mass is 35.5. The standard InChI is InChI=1S/C21H20ClF2N5O2/c1-10-19(22)11(2)29-20(26-10)14-8-28(9-16(14)27-29)21(30)13-4-3-12(23)5-17(13)31-18-7-25-6-15(18)24/h3-5,15,18,25H,6-9H2,1-2H3/t15-,18-/m0/s1. The van der Waals surface area contributed by atoms with Crippen LogP contribution in [0.15, 0.2) is 18.2 Å². The van der Waals surface area contributed by atoms with E-state index in [-0.39, 0.29) is 30.3 Å². The molecule has 0 radical (unpaired) electrons. The molecule has 2 aromatic heterocycles. The molecule has 5 rings (SSSR count). The van der Waals surface area contributed by atoms with Gasteiger partial charge in [0.1, 0.15) is 17.7 Å². The van der Waals surface area contributed by atoms with E-state index < -0.39 is 18.1 Å². The molecule has 31 heavy (non-hydrogen) atoms. The average molecular weight is 448 g/mol. The molecule has 1 fully saturated rings. The summed E-state index contributed by atoms with van der Waals surface area (Å²) < 4.78 is 35.2. The molecule has 7 nitrogen and oxygen atoms in total. The van der Waals surface area contributed by atoms with Crippen LogP contribution in [0.25, 0.3) is 5.65 Å². The number of hydrogen-bond acceptors (Lipinski definition) is 5. The summed E-state index contributed by atoms with van der Waals surface area (Å²) in [4.78, 5) is 19.4. The number of fused-ring (bicyclic) bond motifs is 3. The maximum absolute atomic E-state index is 14.0. The molecule has 0 unspecified atom stereocenters. The smallest absolute Gasteiger partial charge is 0.258 e. The van der Waals surface area contributed by atoms with E-state index in [2.05, 4.69) is 15.4 Å². The number of alkyl halides is 1. The number of rotatable bonds is 3. The number of carbonyl (C=O) groups excluding carboxylic acids is 1. The SMILES string of the molecule is Cc1nc2c3c(nn2c(C)c1Cl)CN(C(=O)c1ccc(F)cc1O[C@H]1CNC[C@@H]1F)C3. The normalized spacial score (nSPS) is 20.5. The lowest BCUT2D eigenvalue weighted by atomic mass is 10.1. The quantitative estimate of drug-likeness (QED) is 0.668. The average Bonchev–Trinajstić information content (AvgIpc) is 3.42. The first-order valence-corrected chi connectivity index (χ1v) is 10.3. The Bertz CT molecular complexity index is 1210. The third-order valence-corrected chi connectivity index (χ3v) is 6.33. The van der Waals surface area contributed by atoms with Crippen molar-refractivity contribution in [3.63, 3.8) is 0 Å². The fourth-order valence-electron chi connectivity index (χ4n) is 4.10. The highest BCUT2D eigenvalue weighted by Crippen LogP contribution is 2.32. The number of ether oxygens (including phenoxy) is 1. The first kappa shape index (κ1) is 20.1. The number of benzene rings is 1. The lowest BCUT2D eigenvalue weighted by Gasteiger charge is -2.21. The Kier molecular flexibility index (Phi) is 4.82. The second-order valence-electron chi connectivity index (χ2n) is 7.89. The van der Waals surface area contributed by atoms with Crippen molar-refractivity contribution in [2.45, 2.75) is 39.2 Å². The van der Waals surface area contributed by atoms with Gasteiger partial charge in [-0.15, -0.1) is 0 Å². The van der Waals surface area contributed by atoms with Crippen LogP contribution in [0.4, 0.5) is 8.78 Å². The summed E-state index contributed by atoms with van der Waals surface area (Å²) in [5, 5.41) is 8.02. The number of hydrogen-bond donors (Lipinski definition) is 1. The van der Waals surface area contributed by atoms with Crippen LogP contribution in [0.2, 0.25) is 5.02 Å². The van der Waals surface area contributed by atoms with Gasteiger partial charge in [0.05, 0.1) is 40.8 Å². The van der Waals surface area contributed by atoms with Crippen LogP contribution in [-0.4, -0.2) is 50.8 Å². The molecule has 0 bridgehead atoms. The number of aromatic nitrogens is 3. The lowest BCUT2D eigenvalue weighted by Crippen LogP contribution is -2.30. The van der Waals surface area contributed by atoms with Crippen molar-refractivity contribution in [3.05, 3.63) is 57.2 Å². The fraction of sp³-hybridized carbons (Fsp3) is 0.381. The van der Waals surface area contributed by atoms with Gasteiger partial charge in [0.2, 0.25) is 0 Å². The molecule has 0 saturated carbocycles. The van der Waals surface area contributed by atoms with Gasteiger partial charge in [0.25, 0.3) is 5.91 Å². The first-order valence-electron chi connectivity index (χ1n) is 9.97. The highest BCUT2D eigenvalue weighted by Gasteiger charge is 2.33. The van der Waals surface area contributed by atoms with Gasteiger partial charge in [-0.25, -0.2) is 18.3 Å². The summed E-state index contributed by atoms with van der Waals surface area (Å²) in [6.45, 7) is 4.74. The number of carbonyl (C=O) groups is 1. The lowest BCUT2D eigenvalue weighted by molar-refractivity contribution is 0.0737. The van der Waals surface area contributed by atoms with E-state index in [0.717, 1.165) is 23.0 Å². The van der Waals surface area contributed by atoms with E-state index >= 15 is 0 Å². The van der Waals surface area contributed by atoms with E-state index in [1.165, 1.54) is 12.1 Å². The van der Waals surface area contributed by atoms with Crippen molar-refractivity contribution >= 4 is 23.2 Å². The van der Waals surface area contributed by atoms with Crippen LogP contribution in [0.1, 0.15) is 33.0 Å². The third kappa shape index (κ3) is 3.32. The summed E-state index contributed by atoms with van der Waals surface area (Å²) >= 11 is 6.29. The van der Waals surface area contributed by atoms with Gasteiger partial charge < -0.3 is 15.0 Å². The minimum Gasteiger partial charge on any atom is -0.485 e. The van der Waals surface area contributed by atoms with Crippen molar-refractivity contribution < 1.29 is 18.3 Å². The Morgan fingerprint density at radius 2 is 2.10 bits per heavy atom. The Balaban J connectivity index is 1.44. The van der Waals surface area contributed by atoms with Crippen LogP contribution >= 0.6 is 11.6 Å².